The van der Waals surface area contributed by atoms with Crippen molar-refractivity contribution in [2.45, 2.75) is 0 Å². The largest absolute Gasteiger partial charge is 0.456 e. The van der Waals surface area contributed by atoms with E-state index in [0.29, 0.717) is 33.6 Å². The molecule has 11 rings (SSSR count). The van der Waals surface area contributed by atoms with E-state index < -0.39 is 48.3 Å². The van der Waals surface area contributed by atoms with Gasteiger partial charge < -0.3 is 9.32 Å². The Kier molecular flexibility index (Phi) is 5.04. The van der Waals surface area contributed by atoms with E-state index in [9.17, 15) is 9.60 Å². The number of nitrogens with zero attached hydrogens (tertiary/aromatic N) is 1. The molecule has 0 radical (unpaired) electrons. The van der Waals surface area contributed by atoms with Crippen LogP contribution in [0.25, 0.3) is 87.6 Å². The van der Waals surface area contributed by atoms with Gasteiger partial charge in [0.05, 0.1) is 23.5 Å². The van der Waals surface area contributed by atoms with Gasteiger partial charge in [-0.1, -0.05) is 151 Å². The lowest BCUT2D eigenvalue weighted by Gasteiger charge is -2.28. The lowest BCUT2D eigenvalue weighted by molar-refractivity contribution is 0.669. The zero-order valence-corrected chi connectivity index (χ0v) is 29.6. The van der Waals surface area contributed by atoms with Gasteiger partial charge in [0.15, 0.2) is 0 Å². The van der Waals surface area contributed by atoms with Gasteiger partial charge in [0.2, 0.25) is 0 Å². The Bertz CT molecular complexity index is 3980. The SMILES string of the molecule is [2H]c1c([2H])c(N(c2ccccc2)c2ccc(-c3c([2H])c([2H])c4c([2H])c([2H])c5oc6c([2H])c([2H])c([2H])c([2H])c6c5c4c3[2H])cc2-c2ccccc2)c([2H])c([2H])c1-c1cc2ccccc2c2ccccc12. The molecular weight excluding hydrogens is 679 g/mol. The number of furan rings is 1. The molecule has 1 aromatic heterocycles. The lowest BCUT2D eigenvalue weighted by atomic mass is 9.93. The third-order valence-electron chi connectivity index (χ3n) is 10.2. The third kappa shape index (κ3) is 5.34. The second kappa shape index (κ2) is 13.2. The first-order chi connectivity index (χ1) is 33.2. The van der Waals surface area contributed by atoms with E-state index >= 15 is 0 Å². The van der Waals surface area contributed by atoms with Crippen LogP contribution in [0.1, 0.15) is 17.8 Å². The number of benzene rings is 10. The van der Waals surface area contributed by atoms with Crippen LogP contribution in [0, 0.1) is 0 Å². The van der Waals surface area contributed by atoms with Crippen molar-refractivity contribution in [3.8, 4) is 33.4 Å². The number of hydrogen-bond acceptors (Lipinski definition) is 2. The molecule has 10 aromatic carbocycles. The molecule has 2 heteroatoms. The summed E-state index contributed by atoms with van der Waals surface area (Å²) in [4.78, 5) is 1.67. The fraction of sp³-hybridized carbons (Fsp3) is 0. The summed E-state index contributed by atoms with van der Waals surface area (Å²) < 4.78 is 125. The number of hydrogen-bond donors (Lipinski definition) is 0. The highest BCUT2D eigenvalue weighted by molar-refractivity contribution is 6.19. The average molecular weight is 727 g/mol. The van der Waals surface area contributed by atoms with Crippen molar-refractivity contribution in [3.63, 3.8) is 0 Å². The highest BCUT2D eigenvalue weighted by atomic mass is 16.3. The molecule has 0 aliphatic heterocycles. The normalized spacial score (nSPS) is 14.8. The summed E-state index contributed by atoms with van der Waals surface area (Å²) in [6.45, 7) is 0. The average Bonchev–Trinajstić information content (AvgIpc) is 3.78. The van der Waals surface area contributed by atoms with Gasteiger partial charge in [-0.2, -0.15) is 0 Å². The Balaban J connectivity index is 1.19. The molecule has 0 atom stereocenters. The maximum absolute atomic E-state index is 9.79. The van der Waals surface area contributed by atoms with Crippen LogP contribution in [0.15, 0.2) is 216 Å². The van der Waals surface area contributed by atoms with Crippen molar-refractivity contribution in [1.29, 1.82) is 0 Å². The molecule has 56 heavy (non-hydrogen) atoms. The van der Waals surface area contributed by atoms with Gasteiger partial charge in [0.25, 0.3) is 0 Å². The Labute approximate surface area is 343 Å². The van der Waals surface area contributed by atoms with Gasteiger partial charge in [-0.15, -0.1) is 0 Å². The standard InChI is InChI=1S/C54H35NO/c1-3-13-36(14-4-1)49-33-40(39-24-23-38-28-32-53-54(50(38)34-39)47-21-11-12-22-52(47)56-53)27-31-51(49)55(42-16-5-2-6-17-42)43-29-25-37(26-30-43)48-35-41-15-7-8-18-44(41)45-19-9-10-20-46(45)48/h1-35H/i11D,12D,21D,22D,23D,24D,25D,26D,28D,29D,30D,32D,34D. The summed E-state index contributed by atoms with van der Waals surface area (Å²) in [5.74, 6) is 0. The molecule has 0 spiro atoms. The first-order valence-corrected chi connectivity index (χ1v) is 18.1. The molecule has 0 fully saturated rings. The molecule has 0 saturated carbocycles. The smallest absolute Gasteiger partial charge is 0.136 e. The first-order valence-electron chi connectivity index (χ1n) is 24.6. The highest BCUT2D eigenvalue weighted by Crippen LogP contribution is 2.44. The van der Waals surface area contributed by atoms with E-state index in [4.69, 9.17) is 12.6 Å². The van der Waals surface area contributed by atoms with Crippen LogP contribution in [0.3, 0.4) is 0 Å². The minimum absolute atomic E-state index is 0.0237. The molecule has 0 aliphatic carbocycles. The van der Waals surface area contributed by atoms with Crippen molar-refractivity contribution < 1.29 is 22.2 Å². The van der Waals surface area contributed by atoms with Gasteiger partial charge in [-0.25, -0.2) is 0 Å². The van der Waals surface area contributed by atoms with Crippen molar-refractivity contribution in [2.75, 3.05) is 4.90 Å². The summed E-state index contributed by atoms with van der Waals surface area (Å²) in [5, 5.41) is 3.15. The van der Waals surface area contributed by atoms with Crippen LogP contribution >= 0.6 is 0 Å². The number of para-hydroxylation sites is 2. The van der Waals surface area contributed by atoms with E-state index in [1.165, 1.54) is 0 Å². The predicted molar refractivity (Wildman–Crippen MR) is 237 cm³/mol. The Morgan fingerprint density at radius 2 is 1.09 bits per heavy atom. The van der Waals surface area contributed by atoms with Crippen LogP contribution in [0.2, 0.25) is 0 Å². The predicted octanol–water partition coefficient (Wildman–Crippen LogP) is 15.5. The molecule has 2 nitrogen and oxygen atoms in total. The van der Waals surface area contributed by atoms with E-state index in [2.05, 4.69) is 0 Å². The zero-order chi connectivity index (χ0) is 48.3. The van der Waals surface area contributed by atoms with Crippen molar-refractivity contribution in [3.05, 3.63) is 212 Å². The van der Waals surface area contributed by atoms with Gasteiger partial charge >= 0.3 is 0 Å². The summed E-state index contributed by atoms with van der Waals surface area (Å²) in [6, 6.07) is 35.4. The summed E-state index contributed by atoms with van der Waals surface area (Å²) in [7, 11) is 0. The maximum atomic E-state index is 9.79. The molecule has 11 aromatic rings. The molecular formula is C54H35NO. The van der Waals surface area contributed by atoms with Crippen LogP contribution in [-0.4, -0.2) is 0 Å². The minimum Gasteiger partial charge on any atom is -0.456 e. The van der Waals surface area contributed by atoms with Gasteiger partial charge in [-0.05, 0) is 121 Å². The topological polar surface area (TPSA) is 16.4 Å². The van der Waals surface area contributed by atoms with E-state index in [1.54, 1.807) is 47.4 Å². The maximum Gasteiger partial charge on any atom is 0.136 e. The Morgan fingerprint density at radius 3 is 1.93 bits per heavy atom. The number of anilines is 3. The van der Waals surface area contributed by atoms with Crippen molar-refractivity contribution in [1.82, 2.24) is 0 Å². The van der Waals surface area contributed by atoms with Crippen LogP contribution < -0.4 is 4.90 Å². The fourth-order valence-electron chi connectivity index (χ4n) is 7.61. The van der Waals surface area contributed by atoms with E-state index in [1.807, 2.05) is 91.0 Å². The second-order valence-corrected chi connectivity index (χ2v) is 13.4. The van der Waals surface area contributed by atoms with Gasteiger partial charge in [-0.3, -0.25) is 0 Å². The van der Waals surface area contributed by atoms with Crippen LogP contribution in [0.5, 0.6) is 0 Å². The molecule has 0 aliphatic rings. The Morgan fingerprint density at radius 1 is 0.393 bits per heavy atom. The minimum atomic E-state index is -0.565. The molecule has 0 bridgehead atoms. The molecule has 0 saturated heterocycles. The third-order valence-corrected chi connectivity index (χ3v) is 10.2. The van der Waals surface area contributed by atoms with Crippen molar-refractivity contribution >= 4 is 71.3 Å². The molecule has 0 unspecified atom stereocenters. The number of rotatable bonds is 6. The summed E-state index contributed by atoms with van der Waals surface area (Å²) in [5.41, 5.74) is 2.54. The van der Waals surface area contributed by atoms with Crippen LogP contribution in [0.4, 0.5) is 17.1 Å². The summed E-state index contributed by atoms with van der Waals surface area (Å²) in [6.07, 6.45) is 0. The molecule has 0 amide bonds. The monoisotopic (exact) mass is 726 g/mol. The molecule has 1 heterocycles. The second-order valence-electron chi connectivity index (χ2n) is 13.4. The highest BCUT2D eigenvalue weighted by Gasteiger charge is 2.19. The van der Waals surface area contributed by atoms with Crippen LogP contribution in [-0.2, 0) is 0 Å². The van der Waals surface area contributed by atoms with Gasteiger partial charge in [0.1, 0.15) is 11.2 Å². The number of fused-ring (bicyclic) bond motifs is 8. The Hall–Kier alpha value is -7.42. The fourth-order valence-corrected chi connectivity index (χ4v) is 7.61. The quantitative estimate of drug-likeness (QED) is 0.159. The summed E-state index contributed by atoms with van der Waals surface area (Å²) >= 11 is 0. The van der Waals surface area contributed by atoms with E-state index in [-0.39, 0.29) is 79.7 Å². The van der Waals surface area contributed by atoms with E-state index in [0.717, 1.165) is 21.5 Å². The zero-order valence-electron chi connectivity index (χ0n) is 42.6. The molecule has 262 valence electrons. The molecule has 0 N–H and O–H groups in total. The van der Waals surface area contributed by atoms with Crippen molar-refractivity contribution in [2.24, 2.45) is 0 Å². The first kappa shape index (κ1) is 21.5. The lowest BCUT2D eigenvalue weighted by Crippen LogP contribution is -2.11. The van der Waals surface area contributed by atoms with Gasteiger partial charge in [0, 0.05) is 27.7 Å².